The number of nitrogens with two attached hydrogens (primary N) is 1. The van der Waals surface area contributed by atoms with Gasteiger partial charge in [-0.05, 0) is 18.9 Å². The first-order valence-corrected chi connectivity index (χ1v) is 7.49. The minimum absolute atomic E-state index is 0.128. The number of rotatable bonds is 4. The van der Waals surface area contributed by atoms with Gasteiger partial charge >= 0.3 is 0 Å². The third-order valence-corrected chi connectivity index (χ3v) is 4.49. The first-order valence-electron chi connectivity index (χ1n) is 7.49. The number of ether oxygens (including phenoxy) is 1. The summed E-state index contributed by atoms with van der Waals surface area (Å²) in [6.45, 7) is 1.16. The highest BCUT2D eigenvalue weighted by Gasteiger charge is 2.31. The van der Waals surface area contributed by atoms with Crippen LogP contribution in [0.15, 0.2) is 24.3 Å². The van der Waals surface area contributed by atoms with Crippen molar-refractivity contribution in [3.8, 4) is 0 Å². The van der Waals surface area contributed by atoms with Gasteiger partial charge in [0.2, 0.25) is 0 Å². The predicted molar refractivity (Wildman–Crippen MR) is 80.4 cm³/mol. The van der Waals surface area contributed by atoms with E-state index in [2.05, 4.69) is 17.2 Å². The molecule has 108 valence electrons. The molecular weight excluding hydrogens is 250 g/mol. The summed E-state index contributed by atoms with van der Waals surface area (Å²) < 4.78 is 8.15. The van der Waals surface area contributed by atoms with Crippen LogP contribution in [0.3, 0.4) is 0 Å². The molecule has 4 heteroatoms. The molecule has 0 unspecified atom stereocenters. The van der Waals surface area contributed by atoms with Gasteiger partial charge in [-0.1, -0.05) is 37.5 Å². The van der Waals surface area contributed by atoms with E-state index in [1.54, 1.807) is 0 Å². The smallest absolute Gasteiger partial charge is 0.0960 e. The van der Waals surface area contributed by atoms with Gasteiger partial charge in [-0.15, -0.1) is 0 Å². The summed E-state index contributed by atoms with van der Waals surface area (Å²) in [7, 11) is 1.98. The Hall–Kier alpha value is -1.39. The van der Waals surface area contributed by atoms with Gasteiger partial charge in [0, 0.05) is 19.0 Å². The zero-order valence-corrected chi connectivity index (χ0v) is 12.1. The van der Waals surface area contributed by atoms with E-state index >= 15 is 0 Å². The molecule has 2 N–H and O–H groups in total. The fourth-order valence-corrected chi connectivity index (χ4v) is 3.22. The quantitative estimate of drug-likeness (QED) is 0.932. The van der Waals surface area contributed by atoms with Crippen molar-refractivity contribution in [1.29, 1.82) is 0 Å². The van der Waals surface area contributed by atoms with Gasteiger partial charge in [0.15, 0.2) is 0 Å². The van der Waals surface area contributed by atoms with E-state index < -0.39 is 0 Å². The Morgan fingerprint density at radius 3 is 2.75 bits per heavy atom. The van der Waals surface area contributed by atoms with Crippen LogP contribution in [0.25, 0.3) is 10.9 Å². The second-order valence-electron chi connectivity index (χ2n) is 5.82. The Kier molecular flexibility index (Phi) is 3.76. The van der Waals surface area contributed by atoms with Crippen LogP contribution in [0.1, 0.15) is 37.8 Å². The van der Waals surface area contributed by atoms with E-state index in [1.165, 1.54) is 24.6 Å². The lowest BCUT2D eigenvalue weighted by Gasteiger charge is -2.36. The number of hydrogen-bond donors (Lipinski definition) is 1. The van der Waals surface area contributed by atoms with Gasteiger partial charge in [-0.2, -0.15) is 5.10 Å². The first kappa shape index (κ1) is 13.6. The zero-order valence-electron chi connectivity index (χ0n) is 12.1. The summed E-state index contributed by atoms with van der Waals surface area (Å²) in [5.41, 5.74) is 8.01. The van der Waals surface area contributed by atoms with Crippen molar-refractivity contribution in [2.45, 2.75) is 44.3 Å². The van der Waals surface area contributed by atoms with Gasteiger partial charge in [0.05, 0.1) is 23.4 Å². The fraction of sp³-hybridized carbons (Fsp3) is 0.562. The Bertz CT molecular complexity index is 584. The fourth-order valence-electron chi connectivity index (χ4n) is 3.22. The summed E-state index contributed by atoms with van der Waals surface area (Å²) in [5, 5.41) is 5.77. The molecule has 1 saturated carbocycles. The maximum atomic E-state index is 6.23. The van der Waals surface area contributed by atoms with Crippen molar-refractivity contribution >= 4 is 10.9 Å². The molecule has 0 aliphatic heterocycles. The van der Waals surface area contributed by atoms with Crippen LogP contribution >= 0.6 is 0 Å². The van der Waals surface area contributed by atoms with Crippen LogP contribution in [0, 0.1) is 0 Å². The molecule has 20 heavy (non-hydrogen) atoms. The normalized spacial score (nSPS) is 18.5. The van der Waals surface area contributed by atoms with Crippen LogP contribution in [-0.4, -0.2) is 21.9 Å². The Morgan fingerprint density at radius 1 is 1.25 bits per heavy atom. The van der Waals surface area contributed by atoms with Crippen molar-refractivity contribution in [2.24, 2.45) is 12.8 Å². The molecule has 0 amide bonds. The average Bonchev–Trinajstić information content (AvgIpc) is 2.83. The molecule has 0 spiro atoms. The maximum absolute atomic E-state index is 6.23. The number of aromatic nitrogens is 2. The van der Waals surface area contributed by atoms with Gasteiger partial charge in [0.25, 0.3) is 0 Å². The van der Waals surface area contributed by atoms with Gasteiger partial charge in [-0.3, -0.25) is 4.68 Å². The summed E-state index contributed by atoms with van der Waals surface area (Å²) in [6.07, 6.45) is 5.90. The van der Waals surface area contributed by atoms with E-state index in [4.69, 9.17) is 10.5 Å². The lowest BCUT2D eigenvalue weighted by molar-refractivity contribution is -0.0742. The van der Waals surface area contributed by atoms with Crippen LogP contribution in [0.2, 0.25) is 0 Å². The Labute approximate surface area is 119 Å². The van der Waals surface area contributed by atoms with E-state index in [1.807, 2.05) is 23.9 Å². The van der Waals surface area contributed by atoms with E-state index in [0.29, 0.717) is 13.2 Å². The molecule has 3 rings (SSSR count). The maximum Gasteiger partial charge on any atom is 0.0960 e. The lowest BCUT2D eigenvalue weighted by Crippen LogP contribution is -2.42. The highest BCUT2D eigenvalue weighted by molar-refractivity contribution is 5.81. The highest BCUT2D eigenvalue weighted by atomic mass is 16.5. The SMILES string of the molecule is Cn1nc(COC2(CN)CCCCC2)c2ccccc21. The molecule has 4 nitrogen and oxygen atoms in total. The van der Waals surface area contributed by atoms with Crippen molar-refractivity contribution < 1.29 is 4.74 Å². The van der Waals surface area contributed by atoms with Crippen molar-refractivity contribution in [1.82, 2.24) is 9.78 Å². The Balaban J connectivity index is 1.79. The van der Waals surface area contributed by atoms with Crippen LogP contribution < -0.4 is 5.73 Å². The van der Waals surface area contributed by atoms with Crippen molar-refractivity contribution in [3.63, 3.8) is 0 Å². The van der Waals surface area contributed by atoms with Crippen LogP contribution in [0.5, 0.6) is 0 Å². The second-order valence-corrected chi connectivity index (χ2v) is 5.82. The molecule has 0 radical (unpaired) electrons. The third-order valence-electron chi connectivity index (χ3n) is 4.49. The summed E-state index contributed by atoms with van der Waals surface area (Å²) in [4.78, 5) is 0. The third kappa shape index (κ3) is 2.45. The second kappa shape index (κ2) is 5.54. The number of fused-ring (bicyclic) bond motifs is 1. The lowest BCUT2D eigenvalue weighted by atomic mass is 9.84. The molecule has 2 aromatic rings. The first-order chi connectivity index (χ1) is 9.74. The van der Waals surface area contributed by atoms with Crippen molar-refractivity contribution in [3.05, 3.63) is 30.0 Å². The highest BCUT2D eigenvalue weighted by Crippen LogP contribution is 2.32. The minimum atomic E-state index is -0.128. The molecule has 1 heterocycles. The zero-order chi connectivity index (χ0) is 14.0. The minimum Gasteiger partial charge on any atom is -0.367 e. The largest absolute Gasteiger partial charge is 0.367 e. The molecule has 0 saturated heterocycles. The molecule has 1 aliphatic rings. The molecule has 0 bridgehead atoms. The van der Waals surface area contributed by atoms with Gasteiger partial charge in [0.1, 0.15) is 0 Å². The average molecular weight is 273 g/mol. The van der Waals surface area contributed by atoms with Gasteiger partial charge in [-0.25, -0.2) is 0 Å². The van der Waals surface area contributed by atoms with E-state index in [9.17, 15) is 0 Å². The number of hydrogen-bond acceptors (Lipinski definition) is 3. The monoisotopic (exact) mass is 273 g/mol. The molecule has 1 aromatic heterocycles. The molecule has 0 atom stereocenters. The molecule has 1 fully saturated rings. The summed E-state index contributed by atoms with van der Waals surface area (Å²) >= 11 is 0. The van der Waals surface area contributed by atoms with E-state index in [0.717, 1.165) is 24.1 Å². The summed E-state index contributed by atoms with van der Waals surface area (Å²) in [5.74, 6) is 0. The molecule has 1 aromatic carbocycles. The Morgan fingerprint density at radius 2 is 2.00 bits per heavy atom. The number of nitrogens with zero attached hydrogens (tertiary/aromatic N) is 2. The predicted octanol–water partition coefficient (Wildman–Crippen LogP) is 2.75. The summed E-state index contributed by atoms with van der Waals surface area (Å²) in [6, 6.07) is 8.28. The number of benzene rings is 1. The molecular formula is C16H23N3O. The topological polar surface area (TPSA) is 53.1 Å². The van der Waals surface area contributed by atoms with Gasteiger partial charge < -0.3 is 10.5 Å². The number of para-hydroxylation sites is 1. The van der Waals surface area contributed by atoms with Crippen LogP contribution in [-0.2, 0) is 18.4 Å². The van der Waals surface area contributed by atoms with Crippen LogP contribution in [0.4, 0.5) is 0 Å². The number of aryl methyl sites for hydroxylation is 1. The van der Waals surface area contributed by atoms with E-state index in [-0.39, 0.29) is 5.60 Å². The standard InChI is InChI=1S/C16H23N3O/c1-19-15-8-4-3-7-13(15)14(18-19)11-20-16(12-17)9-5-2-6-10-16/h3-4,7-8H,2,5-6,9-12,17H2,1H3. The molecule has 1 aliphatic carbocycles. The van der Waals surface area contributed by atoms with Crippen molar-refractivity contribution in [2.75, 3.05) is 6.54 Å².